The number of para-hydroxylation sites is 1. The molecule has 1 saturated heterocycles. The second-order valence-corrected chi connectivity index (χ2v) is 4.69. The lowest BCUT2D eigenvalue weighted by Crippen LogP contribution is -2.37. The van der Waals surface area contributed by atoms with Crippen molar-refractivity contribution in [2.24, 2.45) is 0 Å². The zero-order valence-electron chi connectivity index (χ0n) is 10.6. The summed E-state index contributed by atoms with van der Waals surface area (Å²) in [7, 11) is 1.71. The molecule has 3 heteroatoms. The highest BCUT2D eigenvalue weighted by atomic mass is 16.5. The third kappa shape index (κ3) is 2.79. The van der Waals surface area contributed by atoms with E-state index in [9.17, 15) is 5.11 Å². The number of rotatable bonds is 3. The molecule has 1 aliphatic heterocycles. The van der Waals surface area contributed by atoms with Crippen LogP contribution in [-0.4, -0.2) is 36.3 Å². The Morgan fingerprint density at radius 3 is 2.59 bits per heavy atom. The molecule has 1 N–H and O–H groups in total. The normalized spacial score (nSPS) is 20.2. The van der Waals surface area contributed by atoms with Crippen molar-refractivity contribution < 1.29 is 9.84 Å². The average Bonchev–Trinajstić information content (AvgIpc) is 2.39. The van der Waals surface area contributed by atoms with Crippen LogP contribution in [0.2, 0.25) is 0 Å². The second kappa shape index (κ2) is 5.52. The quantitative estimate of drug-likeness (QED) is 0.872. The Hall–Kier alpha value is -1.06. The van der Waals surface area contributed by atoms with Crippen LogP contribution in [0.3, 0.4) is 0 Å². The average molecular weight is 235 g/mol. The summed E-state index contributed by atoms with van der Waals surface area (Å²) in [5, 5.41) is 9.53. The van der Waals surface area contributed by atoms with Gasteiger partial charge in [0.25, 0.3) is 0 Å². The van der Waals surface area contributed by atoms with E-state index in [0.29, 0.717) is 6.04 Å². The Kier molecular flexibility index (Phi) is 4.02. The summed E-state index contributed by atoms with van der Waals surface area (Å²) in [6.07, 6.45) is 1.63. The first-order valence-corrected chi connectivity index (χ1v) is 6.27. The van der Waals surface area contributed by atoms with Gasteiger partial charge in [-0.1, -0.05) is 18.2 Å². The molecule has 0 saturated carbocycles. The van der Waals surface area contributed by atoms with Gasteiger partial charge in [-0.3, -0.25) is 4.90 Å². The van der Waals surface area contributed by atoms with Crippen LogP contribution in [0.25, 0.3) is 0 Å². The van der Waals surface area contributed by atoms with Crippen molar-refractivity contribution in [2.75, 3.05) is 20.2 Å². The molecule has 2 rings (SSSR count). The maximum absolute atomic E-state index is 9.53. The van der Waals surface area contributed by atoms with Gasteiger partial charge in [0.15, 0.2) is 0 Å². The van der Waals surface area contributed by atoms with Crippen LogP contribution >= 0.6 is 0 Å². The van der Waals surface area contributed by atoms with E-state index >= 15 is 0 Å². The Balaban J connectivity index is 2.10. The minimum atomic E-state index is -0.115. The van der Waals surface area contributed by atoms with Crippen LogP contribution < -0.4 is 4.74 Å². The number of aliphatic hydroxyl groups excluding tert-OH is 1. The number of aliphatic hydroxyl groups is 1. The molecule has 1 aromatic rings. The zero-order chi connectivity index (χ0) is 12.3. The van der Waals surface area contributed by atoms with Crippen LogP contribution in [-0.2, 0) is 0 Å². The summed E-state index contributed by atoms with van der Waals surface area (Å²) < 4.78 is 5.40. The lowest BCUT2D eigenvalue weighted by atomic mass is 10.0. The SMILES string of the molecule is COc1ccccc1[C@H](C)N1CCC(O)CC1. The molecule has 94 valence electrons. The van der Waals surface area contributed by atoms with Crippen LogP contribution in [0, 0.1) is 0 Å². The highest BCUT2D eigenvalue weighted by Crippen LogP contribution is 2.30. The van der Waals surface area contributed by atoms with Crippen molar-refractivity contribution in [3.05, 3.63) is 29.8 Å². The van der Waals surface area contributed by atoms with Crippen molar-refractivity contribution in [1.29, 1.82) is 0 Å². The molecule has 3 nitrogen and oxygen atoms in total. The molecule has 0 bridgehead atoms. The molecule has 1 atom stereocenters. The van der Waals surface area contributed by atoms with Gasteiger partial charge in [-0.25, -0.2) is 0 Å². The van der Waals surface area contributed by atoms with Crippen molar-refractivity contribution in [3.8, 4) is 5.75 Å². The maximum Gasteiger partial charge on any atom is 0.123 e. The fourth-order valence-corrected chi connectivity index (χ4v) is 2.48. The first-order chi connectivity index (χ1) is 8.22. The largest absolute Gasteiger partial charge is 0.496 e. The standard InChI is InChI=1S/C14H21NO2/c1-11(15-9-7-12(16)8-10-15)13-5-3-4-6-14(13)17-2/h3-6,11-12,16H,7-10H2,1-2H3/t11-/m0/s1. The van der Waals surface area contributed by atoms with E-state index in [-0.39, 0.29) is 6.10 Å². The fraction of sp³-hybridized carbons (Fsp3) is 0.571. The van der Waals surface area contributed by atoms with Crippen LogP contribution in [0.1, 0.15) is 31.4 Å². The van der Waals surface area contributed by atoms with Gasteiger partial charge in [0.1, 0.15) is 5.75 Å². The summed E-state index contributed by atoms with van der Waals surface area (Å²) in [6, 6.07) is 8.51. The molecule has 0 radical (unpaired) electrons. The predicted octanol–water partition coefficient (Wildman–Crippen LogP) is 2.21. The number of ether oxygens (including phenoxy) is 1. The Labute approximate surface area is 103 Å². The Morgan fingerprint density at radius 1 is 1.29 bits per heavy atom. The lowest BCUT2D eigenvalue weighted by Gasteiger charge is -2.35. The summed E-state index contributed by atoms with van der Waals surface area (Å²) >= 11 is 0. The molecule has 1 heterocycles. The van der Waals surface area contributed by atoms with Gasteiger partial charge in [0.05, 0.1) is 13.2 Å². The lowest BCUT2D eigenvalue weighted by molar-refractivity contribution is 0.0640. The van der Waals surface area contributed by atoms with Gasteiger partial charge in [-0.2, -0.15) is 0 Å². The molecule has 1 fully saturated rings. The highest BCUT2D eigenvalue weighted by molar-refractivity contribution is 5.35. The Bertz CT molecular complexity index is 359. The van der Waals surface area contributed by atoms with Gasteiger partial charge >= 0.3 is 0 Å². The van der Waals surface area contributed by atoms with Gasteiger partial charge in [0, 0.05) is 24.7 Å². The maximum atomic E-state index is 9.53. The molecule has 1 aliphatic rings. The van der Waals surface area contributed by atoms with Gasteiger partial charge < -0.3 is 9.84 Å². The van der Waals surface area contributed by atoms with Crippen LogP contribution in [0.5, 0.6) is 5.75 Å². The first kappa shape index (κ1) is 12.4. The first-order valence-electron chi connectivity index (χ1n) is 6.27. The van der Waals surface area contributed by atoms with E-state index in [4.69, 9.17) is 4.74 Å². The minimum Gasteiger partial charge on any atom is -0.496 e. The van der Waals surface area contributed by atoms with Crippen molar-refractivity contribution in [1.82, 2.24) is 4.90 Å². The van der Waals surface area contributed by atoms with E-state index in [1.165, 1.54) is 5.56 Å². The molecule has 1 aromatic carbocycles. The summed E-state index contributed by atoms with van der Waals surface area (Å²) in [4.78, 5) is 2.41. The number of hydrogen-bond acceptors (Lipinski definition) is 3. The highest BCUT2D eigenvalue weighted by Gasteiger charge is 2.23. The van der Waals surface area contributed by atoms with Gasteiger partial charge in [-0.15, -0.1) is 0 Å². The van der Waals surface area contributed by atoms with E-state index in [2.05, 4.69) is 17.9 Å². The van der Waals surface area contributed by atoms with Crippen molar-refractivity contribution in [3.63, 3.8) is 0 Å². The molecule has 0 aromatic heterocycles. The number of methoxy groups -OCH3 is 1. The molecule has 0 aliphatic carbocycles. The van der Waals surface area contributed by atoms with E-state index < -0.39 is 0 Å². The number of piperidine rings is 1. The fourth-order valence-electron chi connectivity index (χ4n) is 2.48. The number of nitrogens with zero attached hydrogens (tertiary/aromatic N) is 1. The molecule has 0 spiro atoms. The minimum absolute atomic E-state index is 0.115. The zero-order valence-corrected chi connectivity index (χ0v) is 10.6. The van der Waals surface area contributed by atoms with E-state index in [1.54, 1.807) is 7.11 Å². The van der Waals surface area contributed by atoms with E-state index in [0.717, 1.165) is 31.7 Å². The van der Waals surface area contributed by atoms with Crippen molar-refractivity contribution in [2.45, 2.75) is 31.9 Å². The monoisotopic (exact) mass is 235 g/mol. The number of benzene rings is 1. The molecule has 0 unspecified atom stereocenters. The molecular formula is C14H21NO2. The molecule has 0 amide bonds. The third-order valence-electron chi connectivity index (χ3n) is 3.64. The van der Waals surface area contributed by atoms with E-state index in [1.807, 2.05) is 18.2 Å². The molecule has 17 heavy (non-hydrogen) atoms. The third-order valence-corrected chi connectivity index (χ3v) is 3.64. The number of hydrogen-bond donors (Lipinski definition) is 1. The van der Waals surface area contributed by atoms with Gasteiger partial charge in [-0.05, 0) is 25.8 Å². The van der Waals surface area contributed by atoms with Gasteiger partial charge in [0.2, 0.25) is 0 Å². The molecular weight excluding hydrogens is 214 g/mol. The summed E-state index contributed by atoms with van der Waals surface area (Å²) in [5.74, 6) is 0.950. The summed E-state index contributed by atoms with van der Waals surface area (Å²) in [5.41, 5.74) is 1.23. The Morgan fingerprint density at radius 2 is 1.94 bits per heavy atom. The van der Waals surface area contributed by atoms with Crippen LogP contribution in [0.4, 0.5) is 0 Å². The second-order valence-electron chi connectivity index (χ2n) is 4.69. The van der Waals surface area contributed by atoms with Crippen LogP contribution in [0.15, 0.2) is 24.3 Å². The number of likely N-dealkylation sites (tertiary alicyclic amines) is 1. The topological polar surface area (TPSA) is 32.7 Å². The van der Waals surface area contributed by atoms with Crippen molar-refractivity contribution >= 4 is 0 Å². The predicted molar refractivity (Wildman–Crippen MR) is 68.2 cm³/mol. The summed E-state index contributed by atoms with van der Waals surface area (Å²) in [6.45, 7) is 4.12. The smallest absolute Gasteiger partial charge is 0.123 e.